The molecule has 0 radical (unpaired) electrons. The maximum atomic E-state index is 12.8. The molecule has 9 heteroatoms. The first-order chi connectivity index (χ1) is 12.3. The second-order valence-corrected chi connectivity index (χ2v) is 6.86. The number of aromatic nitrogens is 2. The van der Waals surface area contributed by atoms with Crippen LogP contribution in [0.5, 0.6) is 0 Å². The number of hydrogen-bond donors (Lipinski definition) is 2. The molecule has 0 atom stereocenters. The van der Waals surface area contributed by atoms with E-state index in [9.17, 15) is 13.2 Å². The third kappa shape index (κ3) is 6.25. The van der Waals surface area contributed by atoms with E-state index in [1.807, 2.05) is 11.7 Å². The molecular weight excluding hydrogens is 470 g/mol. The minimum atomic E-state index is -4.07. The zero-order valence-electron chi connectivity index (χ0n) is 16.5. The van der Waals surface area contributed by atoms with E-state index in [4.69, 9.17) is 0 Å². The van der Waals surface area contributed by atoms with Gasteiger partial charge in [-0.05, 0) is 38.5 Å². The average molecular weight is 501 g/mol. The van der Waals surface area contributed by atoms with E-state index in [1.54, 1.807) is 7.05 Å². The van der Waals surface area contributed by atoms with E-state index in [1.165, 1.54) is 11.3 Å². The minimum Gasteiger partial charge on any atom is -0.354 e. The number of aryl methyl sites for hydroxylation is 2. The Labute approximate surface area is 176 Å². The summed E-state index contributed by atoms with van der Waals surface area (Å²) in [6.45, 7) is 4.79. The second-order valence-electron chi connectivity index (χ2n) is 6.86. The first-order valence-corrected chi connectivity index (χ1v) is 9.37. The quantitative estimate of drug-likeness (QED) is 0.365. The van der Waals surface area contributed by atoms with Gasteiger partial charge in [0.25, 0.3) is 0 Å². The van der Waals surface area contributed by atoms with Gasteiger partial charge in [0.05, 0.1) is 11.6 Å². The Morgan fingerprint density at radius 1 is 1.19 bits per heavy atom. The lowest BCUT2D eigenvalue weighted by atomic mass is 9.85. The summed E-state index contributed by atoms with van der Waals surface area (Å²) in [5.74, 6) is -0.529. The molecule has 1 saturated carbocycles. The van der Waals surface area contributed by atoms with Crippen LogP contribution in [0.4, 0.5) is 13.2 Å². The highest BCUT2D eigenvalue weighted by atomic mass is 127. The molecule has 27 heavy (non-hydrogen) atoms. The fourth-order valence-corrected chi connectivity index (χ4v) is 3.72. The molecule has 5 nitrogen and oxygen atoms in total. The predicted octanol–water partition coefficient (Wildman–Crippen LogP) is 3.95. The number of nitrogens with one attached hydrogen (secondary N) is 2. The lowest BCUT2D eigenvalue weighted by molar-refractivity contribution is -0.182. The van der Waals surface area contributed by atoms with Crippen LogP contribution in [0.1, 0.15) is 56.5 Å². The molecule has 1 aliphatic rings. The van der Waals surface area contributed by atoms with Crippen LogP contribution in [0.2, 0.25) is 0 Å². The van der Waals surface area contributed by atoms with Crippen molar-refractivity contribution in [1.82, 2.24) is 20.4 Å². The summed E-state index contributed by atoms with van der Waals surface area (Å²) in [7, 11) is 3.63. The summed E-state index contributed by atoms with van der Waals surface area (Å²) in [5.41, 5.74) is 3.44. The molecule has 0 amide bonds. The Morgan fingerprint density at radius 3 is 2.30 bits per heavy atom. The first-order valence-electron chi connectivity index (χ1n) is 9.37. The van der Waals surface area contributed by atoms with Crippen molar-refractivity contribution in [3.05, 3.63) is 17.0 Å². The van der Waals surface area contributed by atoms with E-state index in [0.717, 1.165) is 18.5 Å². The normalized spacial score (nSPS) is 20.9. The Bertz CT molecular complexity index is 619. The van der Waals surface area contributed by atoms with Crippen molar-refractivity contribution in [3.8, 4) is 0 Å². The highest BCUT2D eigenvalue weighted by molar-refractivity contribution is 14.0. The highest BCUT2D eigenvalue weighted by Crippen LogP contribution is 2.37. The van der Waals surface area contributed by atoms with Crippen molar-refractivity contribution in [3.63, 3.8) is 0 Å². The van der Waals surface area contributed by atoms with Crippen LogP contribution >= 0.6 is 24.0 Å². The number of guanidine groups is 1. The predicted molar refractivity (Wildman–Crippen MR) is 113 cm³/mol. The molecular formula is C18H31F3IN5. The van der Waals surface area contributed by atoms with Gasteiger partial charge >= 0.3 is 6.18 Å². The van der Waals surface area contributed by atoms with Crippen LogP contribution in [-0.2, 0) is 26.4 Å². The van der Waals surface area contributed by atoms with Crippen molar-refractivity contribution in [2.45, 2.75) is 71.1 Å². The summed E-state index contributed by atoms with van der Waals surface area (Å²) >= 11 is 0. The van der Waals surface area contributed by atoms with Gasteiger partial charge < -0.3 is 10.6 Å². The van der Waals surface area contributed by atoms with Crippen molar-refractivity contribution in [1.29, 1.82) is 0 Å². The van der Waals surface area contributed by atoms with Crippen LogP contribution in [-0.4, -0.2) is 35.0 Å². The second kappa shape index (κ2) is 10.5. The maximum Gasteiger partial charge on any atom is 0.391 e. The van der Waals surface area contributed by atoms with Gasteiger partial charge in [-0.15, -0.1) is 24.0 Å². The van der Waals surface area contributed by atoms with Gasteiger partial charge in [0.1, 0.15) is 0 Å². The summed E-state index contributed by atoms with van der Waals surface area (Å²) in [6.07, 6.45) is -0.928. The zero-order chi connectivity index (χ0) is 19.3. The Kier molecular flexibility index (Phi) is 9.36. The SMILES string of the molecule is CCc1nn(C)c(CC)c1CNC(=NC)NC1CCC(C(F)(F)F)CC1.I. The average Bonchev–Trinajstić information content (AvgIpc) is 2.92. The smallest absolute Gasteiger partial charge is 0.354 e. The highest BCUT2D eigenvalue weighted by Gasteiger charge is 2.41. The number of halogens is 4. The van der Waals surface area contributed by atoms with Crippen molar-refractivity contribution >= 4 is 29.9 Å². The molecule has 1 aliphatic carbocycles. The van der Waals surface area contributed by atoms with Crippen LogP contribution < -0.4 is 10.6 Å². The van der Waals surface area contributed by atoms with E-state index < -0.39 is 12.1 Å². The molecule has 1 fully saturated rings. The third-order valence-electron chi connectivity index (χ3n) is 5.21. The van der Waals surface area contributed by atoms with Gasteiger partial charge in [-0.25, -0.2) is 0 Å². The van der Waals surface area contributed by atoms with E-state index >= 15 is 0 Å². The fraction of sp³-hybridized carbons (Fsp3) is 0.778. The van der Waals surface area contributed by atoms with Gasteiger partial charge in [-0.2, -0.15) is 18.3 Å². The van der Waals surface area contributed by atoms with Gasteiger partial charge in [-0.3, -0.25) is 9.67 Å². The summed E-state index contributed by atoms with van der Waals surface area (Å²) in [4.78, 5) is 4.23. The molecule has 2 N–H and O–H groups in total. The molecule has 0 bridgehead atoms. The van der Waals surface area contributed by atoms with E-state index in [2.05, 4.69) is 34.6 Å². The van der Waals surface area contributed by atoms with Gasteiger partial charge in [-0.1, -0.05) is 13.8 Å². The van der Waals surface area contributed by atoms with Crippen LogP contribution in [0.3, 0.4) is 0 Å². The fourth-order valence-electron chi connectivity index (χ4n) is 3.72. The molecule has 2 rings (SSSR count). The molecule has 0 aliphatic heterocycles. The lowest BCUT2D eigenvalue weighted by Gasteiger charge is -2.31. The largest absolute Gasteiger partial charge is 0.391 e. The molecule has 0 aromatic carbocycles. The van der Waals surface area contributed by atoms with Gasteiger partial charge in [0.2, 0.25) is 0 Å². The van der Waals surface area contributed by atoms with E-state index in [-0.39, 0.29) is 42.9 Å². The Morgan fingerprint density at radius 2 is 1.81 bits per heavy atom. The number of alkyl halides is 3. The van der Waals surface area contributed by atoms with Gasteiger partial charge in [0.15, 0.2) is 5.96 Å². The molecule has 156 valence electrons. The first kappa shape index (κ1) is 24.0. The molecule has 1 aromatic rings. The molecule has 1 aromatic heterocycles. The number of aliphatic imine (C=N–C) groups is 1. The number of nitrogens with zero attached hydrogens (tertiary/aromatic N) is 3. The number of hydrogen-bond acceptors (Lipinski definition) is 2. The minimum absolute atomic E-state index is 0. The van der Waals surface area contributed by atoms with Crippen molar-refractivity contribution in [2.24, 2.45) is 18.0 Å². The summed E-state index contributed by atoms with van der Waals surface area (Å²) in [5, 5.41) is 11.1. The van der Waals surface area contributed by atoms with Crippen molar-refractivity contribution < 1.29 is 13.2 Å². The maximum absolute atomic E-state index is 12.8. The molecule has 0 spiro atoms. The van der Waals surface area contributed by atoms with Crippen LogP contribution in [0.15, 0.2) is 4.99 Å². The van der Waals surface area contributed by atoms with Crippen LogP contribution in [0, 0.1) is 5.92 Å². The molecule has 0 unspecified atom stereocenters. The van der Waals surface area contributed by atoms with Crippen LogP contribution in [0.25, 0.3) is 0 Å². The third-order valence-corrected chi connectivity index (χ3v) is 5.21. The summed E-state index contributed by atoms with van der Waals surface area (Å²) in [6, 6.07) is 0.0324. The Hall–Kier alpha value is -1.00. The lowest BCUT2D eigenvalue weighted by Crippen LogP contribution is -2.45. The standard InChI is InChI=1S/C18H30F3N5.HI/c1-5-15-14(16(6-2)26(4)25-15)11-23-17(22-3)24-13-9-7-12(8-10-13)18(19,20)21;/h12-13H,5-11H2,1-4H3,(H2,22,23,24);1H. The molecule has 1 heterocycles. The molecule has 0 saturated heterocycles. The van der Waals surface area contributed by atoms with Crippen molar-refractivity contribution in [2.75, 3.05) is 7.05 Å². The topological polar surface area (TPSA) is 54.2 Å². The van der Waals surface area contributed by atoms with Gasteiger partial charge in [0, 0.05) is 37.9 Å². The van der Waals surface area contributed by atoms with E-state index in [0.29, 0.717) is 25.3 Å². The number of rotatable bonds is 5. The zero-order valence-corrected chi connectivity index (χ0v) is 18.8. The Balaban J connectivity index is 0.00000364. The summed E-state index contributed by atoms with van der Waals surface area (Å²) < 4.78 is 40.3. The monoisotopic (exact) mass is 501 g/mol.